The Morgan fingerprint density at radius 2 is 2.10 bits per heavy atom. The van der Waals surface area contributed by atoms with E-state index in [9.17, 15) is 5.11 Å². The number of pyridine rings is 1. The summed E-state index contributed by atoms with van der Waals surface area (Å²) in [5.74, 6) is 1.25. The van der Waals surface area contributed by atoms with E-state index in [0.29, 0.717) is 11.8 Å². The van der Waals surface area contributed by atoms with E-state index in [1.165, 1.54) is 6.42 Å². The minimum Gasteiger partial charge on any atom is -0.385 e. The van der Waals surface area contributed by atoms with Gasteiger partial charge >= 0.3 is 0 Å². The van der Waals surface area contributed by atoms with E-state index >= 15 is 0 Å². The summed E-state index contributed by atoms with van der Waals surface area (Å²) >= 11 is 0. The number of nitrogens with zero attached hydrogens (tertiary/aromatic N) is 1. The molecule has 1 fully saturated rings. The molecule has 0 bridgehead atoms. The first kappa shape index (κ1) is 13.6. The van der Waals surface area contributed by atoms with Crippen LogP contribution < -0.4 is 0 Å². The number of hydrogen-bond donors (Lipinski definition) is 1. The van der Waals surface area contributed by atoms with Gasteiger partial charge in [-0.05, 0) is 49.7 Å². The smallest absolute Gasteiger partial charge is 0.0914 e. The lowest BCUT2D eigenvalue weighted by atomic mass is 9.71. The van der Waals surface area contributed by atoms with Crippen molar-refractivity contribution >= 4 is 10.9 Å². The van der Waals surface area contributed by atoms with E-state index in [2.05, 4.69) is 31.0 Å². The van der Waals surface area contributed by atoms with Crippen molar-refractivity contribution in [2.45, 2.75) is 45.1 Å². The van der Waals surface area contributed by atoms with Gasteiger partial charge in [0.15, 0.2) is 0 Å². The Labute approximate surface area is 120 Å². The Bertz CT molecular complexity index is 607. The lowest BCUT2D eigenvalue weighted by molar-refractivity contribution is -0.0296. The minimum atomic E-state index is -0.690. The molecular weight excluding hydrogens is 246 g/mol. The third-order valence-corrected chi connectivity index (χ3v) is 4.84. The molecular formula is C18H23NO. The third kappa shape index (κ3) is 2.45. The molecule has 0 saturated heterocycles. The van der Waals surface area contributed by atoms with Crippen molar-refractivity contribution in [2.75, 3.05) is 0 Å². The van der Waals surface area contributed by atoms with Crippen LogP contribution in [0.3, 0.4) is 0 Å². The highest BCUT2D eigenvalue weighted by atomic mass is 16.3. The number of aromatic nitrogens is 1. The van der Waals surface area contributed by atoms with Crippen molar-refractivity contribution in [1.29, 1.82) is 0 Å². The van der Waals surface area contributed by atoms with Gasteiger partial charge < -0.3 is 5.11 Å². The lowest BCUT2D eigenvalue weighted by Gasteiger charge is -2.38. The first-order valence-electron chi connectivity index (χ1n) is 7.66. The molecule has 2 aromatic rings. The van der Waals surface area contributed by atoms with Crippen LogP contribution in [0.1, 0.15) is 45.1 Å². The zero-order chi connectivity index (χ0) is 14.2. The van der Waals surface area contributed by atoms with E-state index in [0.717, 1.165) is 35.7 Å². The Kier molecular flexibility index (Phi) is 3.51. The molecule has 1 saturated carbocycles. The highest BCUT2D eigenvalue weighted by molar-refractivity contribution is 5.78. The molecule has 0 radical (unpaired) electrons. The van der Waals surface area contributed by atoms with Crippen molar-refractivity contribution in [3.05, 3.63) is 42.1 Å². The van der Waals surface area contributed by atoms with E-state index in [-0.39, 0.29) is 0 Å². The van der Waals surface area contributed by atoms with Crippen molar-refractivity contribution in [3.63, 3.8) is 0 Å². The van der Waals surface area contributed by atoms with Gasteiger partial charge in [0.05, 0.1) is 11.1 Å². The second kappa shape index (κ2) is 5.17. The quantitative estimate of drug-likeness (QED) is 0.883. The molecule has 1 aliphatic rings. The van der Waals surface area contributed by atoms with E-state index < -0.39 is 5.60 Å². The molecule has 106 valence electrons. The van der Waals surface area contributed by atoms with Crippen molar-refractivity contribution in [1.82, 2.24) is 4.98 Å². The zero-order valence-electron chi connectivity index (χ0n) is 12.3. The van der Waals surface area contributed by atoms with Gasteiger partial charge in [-0.1, -0.05) is 32.0 Å². The largest absolute Gasteiger partial charge is 0.385 e. The van der Waals surface area contributed by atoms with E-state index in [4.69, 9.17) is 0 Å². The van der Waals surface area contributed by atoms with Crippen LogP contribution in [0.25, 0.3) is 10.9 Å². The summed E-state index contributed by atoms with van der Waals surface area (Å²) < 4.78 is 0. The minimum absolute atomic E-state index is 0.611. The normalized spacial score (nSPS) is 27.1. The summed E-state index contributed by atoms with van der Waals surface area (Å²) in [6, 6.07) is 10.2. The van der Waals surface area contributed by atoms with Crippen molar-refractivity contribution < 1.29 is 5.11 Å². The van der Waals surface area contributed by atoms with E-state index in [1.54, 1.807) is 0 Å². The summed E-state index contributed by atoms with van der Waals surface area (Å²) in [6.45, 7) is 4.52. The first-order valence-corrected chi connectivity index (χ1v) is 7.66. The zero-order valence-corrected chi connectivity index (χ0v) is 12.3. The fourth-order valence-corrected chi connectivity index (χ4v) is 3.45. The summed E-state index contributed by atoms with van der Waals surface area (Å²) in [6.07, 6.45) is 5.93. The molecule has 0 amide bonds. The van der Waals surface area contributed by atoms with Crippen LogP contribution in [0, 0.1) is 11.8 Å². The van der Waals surface area contributed by atoms with Crippen molar-refractivity contribution in [3.8, 4) is 0 Å². The lowest BCUT2D eigenvalue weighted by Crippen LogP contribution is -2.34. The number of aliphatic hydroxyl groups is 1. The molecule has 1 N–H and O–H groups in total. The molecule has 20 heavy (non-hydrogen) atoms. The average Bonchev–Trinajstić information content (AvgIpc) is 2.47. The standard InChI is InChI=1S/C18H23NO/c1-13(2)15-7-5-9-18(20,11-15)16-10-14-6-3-4-8-17(14)19-12-16/h3-4,6,8,10,12-13,15,20H,5,7,9,11H2,1-2H3. The molecule has 1 aliphatic carbocycles. The van der Waals surface area contributed by atoms with Gasteiger partial charge in [0.1, 0.15) is 0 Å². The molecule has 2 heteroatoms. The number of fused-ring (bicyclic) bond motifs is 1. The highest BCUT2D eigenvalue weighted by Crippen LogP contribution is 2.42. The van der Waals surface area contributed by atoms with Crippen LogP contribution in [0.5, 0.6) is 0 Å². The third-order valence-electron chi connectivity index (χ3n) is 4.84. The molecule has 1 aromatic carbocycles. The molecule has 2 atom stereocenters. The second-order valence-electron chi connectivity index (χ2n) is 6.55. The maximum absolute atomic E-state index is 11.1. The van der Waals surface area contributed by atoms with Crippen LogP contribution in [-0.4, -0.2) is 10.1 Å². The number of benzene rings is 1. The van der Waals surface area contributed by atoms with Crippen LogP contribution >= 0.6 is 0 Å². The fourth-order valence-electron chi connectivity index (χ4n) is 3.45. The Hall–Kier alpha value is -1.41. The van der Waals surface area contributed by atoms with E-state index in [1.807, 2.05) is 24.4 Å². The maximum Gasteiger partial charge on any atom is 0.0914 e. The van der Waals surface area contributed by atoms with Gasteiger partial charge in [-0.15, -0.1) is 0 Å². The SMILES string of the molecule is CC(C)C1CCCC(O)(c2cnc3ccccc3c2)C1. The molecule has 2 unspecified atom stereocenters. The number of para-hydroxylation sites is 1. The molecule has 1 heterocycles. The molecule has 3 rings (SSSR count). The van der Waals surface area contributed by atoms with Crippen molar-refractivity contribution in [2.24, 2.45) is 11.8 Å². The summed E-state index contributed by atoms with van der Waals surface area (Å²) in [7, 11) is 0. The summed E-state index contributed by atoms with van der Waals surface area (Å²) in [4.78, 5) is 4.51. The molecule has 0 aliphatic heterocycles. The van der Waals surface area contributed by atoms with Gasteiger partial charge in [-0.2, -0.15) is 0 Å². The fraction of sp³-hybridized carbons (Fsp3) is 0.500. The van der Waals surface area contributed by atoms with Gasteiger partial charge in [0.25, 0.3) is 0 Å². The average molecular weight is 269 g/mol. The van der Waals surface area contributed by atoms with Crippen LogP contribution in [0.4, 0.5) is 0 Å². The Morgan fingerprint density at radius 3 is 2.90 bits per heavy atom. The predicted octanol–water partition coefficient (Wildman–Crippen LogP) is 4.27. The maximum atomic E-state index is 11.1. The summed E-state index contributed by atoms with van der Waals surface area (Å²) in [5, 5.41) is 12.2. The van der Waals surface area contributed by atoms with Gasteiger partial charge in [-0.25, -0.2) is 0 Å². The van der Waals surface area contributed by atoms with Gasteiger partial charge in [-0.3, -0.25) is 4.98 Å². The topological polar surface area (TPSA) is 33.1 Å². The number of hydrogen-bond acceptors (Lipinski definition) is 2. The van der Waals surface area contributed by atoms with Crippen LogP contribution in [0.2, 0.25) is 0 Å². The second-order valence-corrected chi connectivity index (χ2v) is 6.55. The van der Waals surface area contributed by atoms with Crippen LogP contribution in [-0.2, 0) is 5.60 Å². The predicted molar refractivity (Wildman–Crippen MR) is 82.4 cm³/mol. The molecule has 0 spiro atoms. The Morgan fingerprint density at radius 1 is 1.30 bits per heavy atom. The molecule has 1 aromatic heterocycles. The van der Waals surface area contributed by atoms with Gasteiger partial charge in [0.2, 0.25) is 0 Å². The molecule has 2 nitrogen and oxygen atoms in total. The highest BCUT2D eigenvalue weighted by Gasteiger charge is 2.37. The van der Waals surface area contributed by atoms with Crippen LogP contribution in [0.15, 0.2) is 36.5 Å². The number of rotatable bonds is 2. The monoisotopic (exact) mass is 269 g/mol. The van der Waals surface area contributed by atoms with Gasteiger partial charge in [0, 0.05) is 17.1 Å². The Balaban J connectivity index is 1.96. The first-order chi connectivity index (χ1) is 9.58. The summed E-state index contributed by atoms with van der Waals surface area (Å²) in [5.41, 5.74) is 1.29.